The zero-order valence-electron chi connectivity index (χ0n) is 10.3. The Morgan fingerprint density at radius 2 is 1.89 bits per heavy atom. The number of rotatable bonds is 3. The van der Waals surface area contributed by atoms with Crippen molar-refractivity contribution in [1.82, 2.24) is 0 Å². The third kappa shape index (κ3) is 3.27. The van der Waals surface area contributed by atoms with E-state index in [4.69, 9.17) is 23.2 Å². The maximum Gasteiger partial charge on any atom is 0.127 e. The number of hydrogen-bond donors (Lipinski definition) is 1. The van der Waals surface area contributed by atoms with Gasteiger partial charge < -0.3 is 5.11 Å². The highest BCUT2D eigenvalue weighted by Crippen LogP contribution is 2.27. The number of aliphatic hydroxyl groups is 1. The van der Waals surface area contributed by atoms with Crippen LogP contribution in [0.15, 0.2) is 36.4 Å². The summed E-state index contributed by atoms with van der Waals surface area (Å²) < 4.78 is 13.7. The van der Waals surface area contributed by atoms with Crippen molar-refractivity contribution in [2.75, 3.05) is 0 Å². The third-order valence-electron chi connectivity index (χ3n) is 3.03. The van der Waals surface area contributed by atoms with E-state index in [-0.39, 0.29) is 6.42 Å². The van der Waals surface area contributed by atoms with Crippen molar-refractivity contribution in [3.05, 3.63) is 69.0 Å². The van der Waals surface area contributed by atoms with Gasteiger partial charge in [0, 0.05) is 22.0 Å². The van der Waals surface area contributed by atoms with Crippen LogP contribution < -0.4 is 0 Å². The van der Waals surface area contributed by atoms with E-state index in [1.165, 1.54) is 6.07 Å². The maximum absolute atomic E-state index is 13.7. The second-order valence-electron chi connectivity index (χ2n) is 4.43. The Morgan fingerprint density at radius 1 is 1.16 bits per heavy atom. The van der Waals surface area contributed by atoms with Crippen LogP contribution in [0.1, 0.15) is 22.8 Å². The molecule has 1 N–H and O–H groups in total. The van der Waals surface area contributed by atoms with Crippen molar-refractivity contribution in [1.29, 1.82) is 0 Å². The van der Waals surface area contributed by atoms with Crippen LogP contribution >= 0.6 is 23.2 Å². The van der Waals surface area contributed by atoms with Gasteiger partial charge in [-0.25, -0.2) is 4.39 Å². The topological polar surface area (TPSA) is 20.2 Å². The van der Waals surface area contributed by atoms with Crippen molar-refractivity contribution in [2.45, 2.75) is 19.4 Å². The van der Waals surface area contributed by atoms with Gasteiger partial charge in [-0.2, -0.15) is 0 Å². The van der Waals surface area contributed by atoms with Gasteiger partial charge in [-0.05, 0) is 36.2 Å². The lowest BCUT2D eigenvalue weighted by atomic mass is 9.99. The smallest absolute Gasteiger partial charge is 0.127 e. The fraction of sp³-hybridized carbons (Fsp3) is 0.200. The normalized spacial score (nSPS) is 12.5. The fourth-order valence-electron chi connectivity index (χ4n) is 1.91. The molecule has 100 valence electrons. The number of halogens is 3. The molecule has 4 heteroatoms. The van der Waals surface area contributed by atoms with Crippen LogP contribution in [0.25, 0.3) is 0 Å². The van der Waals surface area contributed by atoms with Crippen molar-refractivity contribution in [3.63, 3.8) is 0 Å². The zero-order valence-corrected chi connectivity index (χ0v) is 11.8. The molecule has 0 amide bonds. The zero-order chi connectivity index (χ0) is 14.0. The summed E-state index contributed by atoms with van der Waals surface area (Å²) in [5, 5.41) is 11.1. The van der Waals surface area contributed by atoms with Gasteiger partial charge in [0.2, 0.25) is 0 Å². The Bertz CT molecular complexity index is 578. The van der Waals surface area contributed by atoms with Crippen LogP contribution in [0.2, 0.25) is 10.0 Å². The Hall–Kier alpha value is -1.09. The molecular weight excluding hydrogens is 286 g/mol. The molecule has 0 aliphatic carbocycles. The average Bonchev–Trinajstić information content (AvgIpc) is 2.37. The molecule has 0 saturated carbocycles. The van der Waals surface area contributed by atoms with Gasteiger partial charge in [-0.15, -0.1) is 0 Å². The minimum atomic E-state index is -0.814. The van der Waals surface area contributed by atoms with Gasteiger partial charge in [0.1, 0.15) is 5.82 Å². The predicted molar refractivity (Wildman–Crippen MR) is 76.3 cm³/mol. The fourth-order valence-corrected chi connectivity index (χ4v) is 2.27. The van der Waals surface area contributed by atoms with E-state index in [0.717, 1.165) is 5.56 Å². The summed E-state index contributed by atoms with van der Waals surface area (Å²) in [6.45, 7) is 1.86. The summed E-state index contributed by atoms with van der Waals surface area (Å²) in [6, 6.07) is 9.73. The Kier molecular flexibility index (Phi) is 4.46. The molecule has 0 saturated heterocycles. The monoisotopic (exact) mass is 298 g/mol. The van der Waals surface area contributed by atoms with Gasteiger partial charge in [-0.1, -0.05) is 41.4 Å². The van der Waals surface area contributed by atoms with E-state index in [1.807, 2.05) is 6.92 Å². The van der Waals surface area contributed by atoms with E-state index in [9.17, 15) is 9.50 Å². The minimum Gasteiger partial charge on any atom is -0.388 e. The molecule has 0 aliphatic rings. The molecule has 2 rings (SSSR count). The van der Waals surface area contributed by atoms with E-state index < -0.39 is 11.9 Å². The molecule has 0 aromatic heterocycles. The largest absolute Gasteiger partial charge is 0.388 e. The lowest BCUT2D eigenvalue weighted by Gasteiger charge is -2.14. The average molecular weight is 299 g/mol. The minimum absolute atomic E-state index is 0.132. The first-order valence-electron chi connectivity index (χ1n) is 5.86. The quantitative estimate of drug-likeness (QED) is 0.869. The predicted octanol–water partition coefficient (Wildman–Crippen LogP) is 4.72. The number of benzene rings is 2. The van der Waals surface area contributed by atoms with E-state index in [2.05, 4.69) is 0 Å². The summed E-state index contributed by atoms with van der Waals surface area (Å²) in [6.07, 6.45) is -0.683. The maximum atomic E-state index is 13.7. The second kappa shape index (κ2) is 5.91. The van der Waals surface area contributed by atoms with Gasteiger partial charge in [-0.3, -0.25) is 0 Å². The third-order valence-corrected chi connectivity index (χ3v) is 3.80. The van der Waals surface area contributed by atoms with Gasteiger partial charge >= 0.3 is 0 Å². The van der Waals surface area contributed by atoms with Crippen molar-refractivity contribution in [2.24, 2.45) is 0 Å². The molecule has 0 radical (unpaired) electrons. The van der Waals surface area contributed by atoms with Crippen LogP contribution in [-0.2, 0) is 6.42 Å². The molecule has 2 aromatic rings. The van der Waals surface area contributed by atoms with Gasteiger partial charge in [0.05, 0.1) is 6.10 Å². The standard InChI is InChI=1S/C15H13Cl2FO/c1-9-7-10(5-6-12(9)16)15(19)8-11-13(17)3-2-4-14(11)18/h2-7,15,19H,8H2,1H3. The van der Waals surface area contributed by atoms with Crippen LogP contribution in [0.5, 0.6) is 0 Å². The van der Waals surface area contributed by atoms with Crippen LogP contribution in [-0.4, -0.2) is 5.11 Å². The summed E-state index contributed by atoms with van der Waals surface area (Å²) >= 11 is 11.9. The highest BCUT2D eigenvalue weighted by Gasteiger charge is 2.15. The molecule has 1 unspecified atom stereocenters. The van der Waals surface area contributed by atoms with E-state index >= 15 is 0 Å². The molecule has 19 heavy (non-hydrogen) atoms. The molecule has 1 atom stereocenters. The molecule has 2 aromatic carbocycles. The van der Waals surface area contributed by atoms with Crippen molar-refractivity contribution in [3.8, 4) is 0 Å². The number of aliphatic hydroxyl groups excluding tert-OH is 1. The molecular formula is C15H13Cl2FO. The first-order valence-corrected chi connectivity index (χ1v) is 6.61. The molecule has 0 fully saturated rings. The lowest BCUT2D eigenvalue weighted by Crippen LogP contribution is -2.04. The first-order chi connectivity index (χ1) is 8.99. The summed E-state index contributed by atoms with van der Waals surface area (Å²) in [5.74, 6) is -0.405. The Balaban J connectivity index is 2.25. The first kappa shape index (κ1) is 14.3. The van der Waals surface area contributed by atoms with Gasteiger partial charge in [0.15, 0.2) is 0 Å². The number of aryl methyl sites for hydroxylation is 1. The van der Waals surface area contributed by atoms with Crippen LogP contribution in [0.3, 0.4) is 0 Å². The Morgan fingerprint density at radius 3 is 2.53 bits per heavy atom. The van der Waals surface area contributed by atoms with Crippen LogP contribution in [0.4, 0.5) is 4.39 Å². The summed E-state index contributed by atoms with van der Waals surface area (Å²) in [4.78, 5) is 0. The number of hydrogen-bond acceptors (Lipinski definition) is 1. The Labute approximate surface area is 121 Å². The summed E-state index contributed by atoms with van der Waals surface area (Å²) in [5.41, 5.74) is 1.89. The molecule has 0 heterocycles. The highest BCUT2D eigenvalue weighted by atomic mass is 35.5. The van der Waals surface area contributed by atoms with Gasteiger partial charge in [0.25, 0.3) is 0 Å². The molecule has 0 aliphatic heterocycles. The lowest BCUT2D eigenvalue weighted by molar-refractivity contribution is 0.177. The van der Waals surface area contributed by atoms with E-state index in [1.54, 1.807) is 30.3 Å². The SMILES string of the molecule is Cc1cc(C(O)Cc2c(F)cccc2Cl)ccc1Cl. The van der Waals surface area contributed by atoms with E-state index in [0.29, 0.717) is 21.2 Å². The molecule has 0 bridgehead atoms. The second-order valence-corrected chi connectivity index (χ2v) is 5.24. The molecule has 1 nitrogen and oxygen atoms in total. The molecule has 0 spiro atoms. The van der Waals surface area contributed by atoms with Crippen LogP contribution in [0, 0.1) is 12.7 Å². The highest BCUT2D eigenvalue weighted by molar-refractivity contribution is 6.31. The van der Waals surface area contributed by atoms with Crippen molar-refractivity contribution >= 4 is 23.2 Å². The summed E-state index contributed by atoms with van der Waals surface area (Å²) in [7, 11) is 0. The van der Waals surface area contributed by atoms with Crippen molar-refractivity contribution < 1.29 is 9.50 Å².